The van der Waals surface area contributed by atoms with E-state index in [0.717, 1.165) is 16.7 Å². The molecule has 0 spiro atoms. The van der Waals surface area contributed by atoms with Gasteiger partial charge >= 0.3 is 5.97 Å². The second-order valence-corrected chi connectivity index (χ2v) is 5.19. The SMILES string of the molecule is CC(C)c1nc2cccc([C@@H]3C[C@H]3C(=O)O)c2o1. The number of oxazole rings is 1. The van der Waals surface area contributed by atoms with Gasteiger partial charge in [-0.05, 0) is 12.5 Å². The van der Waals surface area contributed by atoms with Gasteiger partial charge in [0.2, 0.25) is 0 Å². The number of nitrogens with zero attached hydrogens (tertiary/aromatic N) is 1. The maximum absolute atomic E-state index is 10.9. The molecule has 1 saturated carbocycles. The van der Waals surface area contributed by atoms with Crippen LogP contribution < -0.4 is 0 Å². The minimum Gasteiger partial charge on any atom is -0.481 e. The van der Waals surface area contributed by atoms with Gasteiger partial charge in [0.1, 0.15) is 5.52 Å². The summed E-state index contributed by atoms with van der Waals surface area (Å²) in [4.78, 5) is 15.4. The molecule has 1 fully saturated rings. The highest BCUT2D eigenvalue weighted by atomic mass is 16.4. The fourth-order valence-corrected chi connectivity index (χ4v) is 2.34. The van der Waals surface area contributed by atoms with E-state index in [0.29, 0.717) is 12.3 Å². The smallest absolute Gasteiger partial charge is 0.307 e. The molecule has 0 bridgehead atoms. The number of hydrogen-bond acceptors (Lipinski definition) is 3. The van der Waals surface area contributed by atoms with Crippen molar-refractivity contribution in [2.45, 2.75) is 32.1 Å². The molecule has 94 valence electrons. The number of fused-ring (bicyclic) bond motifs is 1. The summed E-state index contributed by atoms with van der Waals surface area (Å²) in [6.07, 6.45) is 0.701. The van der Waals surface area contributed by atoms with E-state index in [1.807, 2.05) is 32.0 Å². The van der Waals surface area contributed by atoms with Crippen LogP contribution in [0.3, 0.4) is 0 Å². The lowest BCUT2D eigenvalue weighted by Gasteiger charge is -1.99. The molecule has 18 heavy (non-hydrogen) atoms. The van der Waals surface area contributed by atoms with Crippen molar-refractivity contribution in [3.05, 3.63) is 29.7 Å². The molecule has 0 aliphatic heterocycles. The van der Waals surface area contributed by atoms with Gasteiger partial charge in [-0.1, -0.05) is 26.0 Å². The zero-order valence-corrected chi connectivity index (χ0v) is 10.4. The van der Waals surface area contributed by atoms with E-state index in [2.05, 4.69) is 4.98 Å². The third-order valence-corrected chi connectivity index (χ3v) is 3.46. The number of carboxylic acid groups (broad SMARTS) is 1. The fraction of sp³-hybridized carbons (Fsp3) is 0.429. The Morgan fingerprint density at radius 3 is 2.89 bits per heavy atom. The lowest BCUT2D eigenvalue weighted by Crippen LogP contribution is -1.98. The summed E-state index contributed by atoms with van der Waals surface area (Å²) in [5, 5.41) is 9.00. The van der Waals surface area contributed by atoms with Crippen molar-refractivity contribution in [1.82, 2.24) is 4.98 Å². The summed E-state index contributed by atoms with van der Waals surface area (Å²) in [6.45, 7) is 4.06. The zero-order valence-electron chi connectivity index (χ0n) is 10.4. The van der Waals surface area contributed by atoms with Crippen molar-refractivity contribution in [2.24, 2.45) is 5.92 Å². The first kappa shape index (κ1) is 11.3. The van der Waals surface area contributed by atoms with E-state index in [1.54, 1.807) is 0 Å². The van der Waals surface area contributed by atoms with Gasteiger partial charge < -0.3 is 9.52 Å². The van der Waals surface area contributed by atoms with Gasteiger partial charge in [0, 0.05) is 17.4 Å². The Hall–Kier alpha value is -1.84. The van der Waals surface area contributed by atoms with Gasteiger partial charge in [-0.25, -0.2) is 4.98 Å². The van der Waals surface area contributed by atoms with Gasteiger partial charge in [-0.15, -0.1) is 0 Å². The van der Waals surface area contributed by atoms with E-state index < -0.39 is 5.97 Å². The van der Waals surface area contributed by atoms with Crippen LogP contribution in [0.4, 0.5) is 0 Å². The minimum absolute atomic E-state index is 0.0826. The Morgan fingerprint density at radius 2 is 2.28 bits per heavy atom. The van der Waals surface area contributed by atoms with Gasteiger partial charge in [0.15, 0.2) is 11.5 Å². The molecule has 0 radical (unpaired) electrons. The number of hydrogen-bond donors (Lipinski definition) is 1. The molecular weight excluding hydrogens is 230 g/mol. The zero-order chi connectivity index (χ0) is 12.9. The highest BCUT2D eigenvalue weighted by Gasteiger charge is 2.45. The molecule has 1 aliphatic carbocycles. The Bertz CT molecular complexity index is 615. The summed E-state index contributed by atoms with van der Waals surface area (Å²) >= 11 is 0. The molecule has 4 nitrogen and oxygen atoms in total. The quantitative estimate of drug-likeness (QED) is 0.902. The predicted molar refractivity (Wildman–Crippen MR) is 66.6 cm³/mol. The number of aromatic nitrogens is 1. The molecule has 0 saturated heterocycles. The highest BCUT2D eigenvalue weighted by molar-refractivity contribution is 5.81. The van der Waals surface area contributed by atoms with Crippen molar-refractivity contribution in [3.8, 4) is 0 Å². The molecule has 2 atom stereocenters. The molecule has 1 heterocycles. The highest BCUT2D eigenvalue weighted by Crippen LogP contribution is 2.49. The summed E-state index contributed by atoms with van der Waals surface area (Å²) in [5.41, 5.74) is 2.57. The molecule has 3 rings (SSSR count). The largest absolute Gasteiger partial charge is 0.481 e. The molecule has 1 aromatic heterocycles. The lowest BCUT2D eigenvalue weighted by atomic mass is 10.1. The van der Waals surface area contributed by atoms with Crippen molar-refractivity contribution >= 4 is 17.1 Å². The van der Waals surface area contributed by atoms with Crippen molar-refractivity contribution in [2.75, 3.05) is 0 Å². The monoisotopic (exact) mass is 245 g/mol. The Morgan fingerprint density at radius 1 is 1.50 bits per heavy atom. The number of para-hydroxylation sites is 1. The van der Waals surface area contributed by atoms with Crippen LogP contribution >= 0.6 is 0 Å². The van der Waals surface area contributed by atoms with Crippen molar-refractivity contribution in [1.29, 1.82) is 0 Å². The van der Waals surface area contributed by atoms with E-state index >= 15 is 0 Å². The van der Waals surface area contributed by atoms with Gasteiger partial charge in [-0.3, -0.25) is 4.79 Å². The van der Waals surface area contributed by atoms with Gasteiger partial charge in [0.05, 0.1) is 5.92 Å². The maximum atomic E-state index is 10.9. The Balaban J connectivity index is 2.05. The summed E-state index contributed by atoms with van der Waals surface area (Å²) in [7, 11) is 0. The summed E-state index contributed by atoms with van der Waals surface area (Å²) in [6, 6.07) is 5.78. The van der Waals surface area contributed by atoms with Gasteiger partial charge in [0.25, 0.3) is 0 Å². The van der Waals surface area contributed by atoms with Crippen LogP contribution in [0.5, 0.6) is 0 Å². The summed E-state index contributed by atoms with van der Waals surface area (Å²) in [5.74, 6) is 0.0488. The molecular formula is C14H15NO3. The van der Waals surface area contributed by atoms with Crippen LogP contribution in [-0.4, -0.2) is 16.1 Å². The average molecular weight is 245 g/mol. The number of rotatable bonds is 3. The van der Waals surface area contributed by atoms with Crippen LogP contribution in [0.15, 0.2) is 22.6 Å². The second-order valence-electron chi connectivity index (χ2n) is 5.19. The fourth-order valence-electron chi connectivity index (χ4n) is 2.34. The maximum Gasteiger partial charge on any atom is 0.307 e. The average Bonchev–Trinajstić information content (AvgIpc) is 2.99. The van der Waals surface area contributed by atoms with E-state index in [4.69, 9.17) is 9.52 Å². The summed E-state index contributed by atoms with van der Waals surface area (Å²) < 4.78 is 5.79. The van der Waals surface area contributed by atoms with Crippen LogP contribution in [0, 0.1) is 5.92 Å². The first-order valence-corrected chi connectivity index (χ1v) is 6.20. The number of carboxylic acids is 1. The lowest BCUT2D eigenvalue weighted by molar-refractivity contribution is -0.138. The third kappa shape index (κ3) is 1.68. The standard InChI is InChI=1S/C14H15NO3/c1-7(2)13-15-11-5-3-4-8(12(11)18-13)9-6-10(9)14(16)17/h3-5,7,9-10H,6H2,1-2H3,(H,16,17)/t9-,10+/m0/s1. The second kappa shape index (κ2) is 3.83. The van der Waals surface area contributed by atoms with E-state index in [-0.39, 0.29) is 17.8 Å². The normalized spacial score (nSPS) is 22.6. The van der Waals surface area contributed by atoms with Crippen molar-refractivity contribution < 1.29 is 14.3 Å². The molecule has 0 amide bonds. The molecule has 1 aliphatic rings. The topological polar surface area (TPSA) is 63.3 Å². The van der Waals surface area contributed by atoms with Crippen molar-refractivity contribution in [3.63, 3.8) is 0 Å². The van der Waals surface area contributed by atoms with Crippen LogP contribution in [0.1, 0.15) is 43.6 Å². The Kier molecular flexibility index (Phi) is 2.40. The molecule has 2 aromatic rings. The first-order valence-electron chi connectivity index (χ1n) is 6.20. The van der Waals surface area contributed by atoms with E-state index in [9.17, 15) is 4.79 Å². The van der Waals surface area contributed by atoms with Crippen LogP contribution in [0.2, 0.25) is 0 Å². The predicted octanol–water partition coefficient (Wildman–Crippen LogP) is 3.14. The van der Waals surface area contributed by atoms with Crippen LogP contribution in [0.25, 0.3) is 11.1 Å². The Labute approximate surface area is 105 Å². The minimum atomic E-state index is -0.722. The number of benzene rings is 1. The molecule has 4 heteroatoms. The number of aliphatic carboxylic acids is 1. The molecule has 1 aromatic carbocycles. The van der Waals surface area contributed by atoms with Crippen LogP contribution in [-0.2, 0) is 4.79 Å². The molecule has 1 N–H and O–H groups in total. The van der Waals surface area contributed by atoms with E-state index in [1.165, 1.54) is 0 Å². The number of carbonyl (C=O) groups is 1. The van der Waals surface area contributed by atoms with Gasteiger partial charge in [-0.2, -0.15) is 0 Å². The first-order chi connectivity index (χ1) is 8.58. The third-order valence-electron chi connectivity index (χ3n) is 3.46. The molecule has 0 unspecified atom stereocenters.